The average Bonchev–Trinajstić information content (AvgIpc) is 2.60. The van der Waals surface area contributed by atoms with Crippen LogP contribution in [0.15, 0.2) is 30.6 Å². The molecule has 84 valence electrons. The Bertz CT molecular complexity index is 480. The number of hydrogen-bond donors (Lipinski definition) is 1. The molecular weight excluding hydrogens is 198 g/mol. The standard InChI is InChI=1S/C13H17N3/c1-9(14)12-4-6-13(7-5-12)16-8-15-10(2)11(16)3/h4-9H,14H2,1-3H3. The molecular formula is C13H17N3. The molecule has 0 amide bonds. The van der Waals surface area contributed by atoms with Gasteiger partial charge in [-0.1, -0.05) is 12.1 Å². The van der Waals surface area contributed by atoms with Crippen molar-refractivity contribution in [2.24, 2.45) is 5.73 Å². The van der Waals surface area contributed by atoms with Gasteiger partial charge in [0.05, 0.1) is 12.0 Å². The fourth-order valence-corrected chi connectivity index (χ4v) is 1.70. The van der Waals surface area contributed by atoms with E-state index in [4.69, 9.17) is 5.73 Å². The van der Waals surface area contributed by atoms with Gasteiger partial charge in [-0.15, -0.1) is 0 Å². The molecule has 0 spiro atoms. The van der Waals surface area contributed by atoms with Gasteiger partial charge >= 0.3 is 0 Å². The summed E-state index contributed by atoms with van der Waals surface area (Å²) in [5.41, 5.74) is 10.3. The van der Waals surface area contributed by atoms with E-state index in [0.29, 0.717) is 0 Å². The zero-order valence-electron chi connectivity index (χ0n) is 9.94. The lowest BCUT2D eigenvalue weighted by molar-refractivity contribution is 0.817. The topological polar surface area (TPSA) is 43.8 Å². The maximum Gasteiger partial charge on any atom is 0.0997 e. The van der Waals surface area contributed by atoms with Crippen LogP contribution in [0.2, 0.25) is 0 Å². The quantitative estimate of drug-likeness (QED) is 0.836. The largest absolute Gasteiger partial charge is 0.324 e. The summed E-state index contributed by atoms with van der Waals surface area (Å²) in [4.78, 5) is 4.29. The monoisotopic (exact) mass is 215 g/mol. The maximum atomic E-state index is 5.82. The van der Waals surface area contributed by atoms with Crippen molar-refractivity contribution in [1.82, 2.24) is 9.55 Å². The van der Waals surface area contributed by atoms with E-state index in [-0.39, 0.29) is 6.04 Å². The van der Waals surface area contributed by atoms with Gasteiger partial charge in [-0.3, -0.25) is 0 Å². The lowest BCUT2D eigenvalue weighted by atomic mass is 10.1. The second-order valence-electron chi connectivity index (χ2n) is 4.17. The smallest absolute Gasteiger partial charge is 0.0997 e. The minimum atomic E-state index is 0.0830. The van der Waals surface area contributed by atoms with E-state index in [1.807, 2.05) is 20.2 Å². The van der Waals surface area contributed by atoms with Crippen LogP contribution in [-0.2, 0) is 0 Å². The van der Waals surface area contributed by atoms with E-state index in [1.165, 1.54) is 5.69 Å². The highest BCUT2D eigenvalue weighted by atomic mass is 15.1. The third kappa shape index (κ3) is 1.86. The average molecular weight is 215 g/mol. The van der Waals surface area contributed by atoms with Crippen LogP contribution in [0.3, 0.4) is 0 Å². The van der Waals surface area contributed by atoms with Crippen molar-refractivity contribution in [2.45, 2.75) is 26.8 Å². The van der Waals surface area contributed by atoms with Gasteiger partial charge in [0.25, 0.3) is 0 Å². The van der Waals surface area contributed by atoms with Crippen molar-refractivity contribution in [3.63, 3.8) is 0 Å². The summed E-state index contributed by atoms with van der Waals surface area (Å²) in [6, 6.07) is 8.36. The zero-order valence-corrected chi connectivity index (χ0v) is 9.94. The third-order valence-electron chi connectivity index (χ3n) is 2.95. The Morgan fingerprint density at radius 1 is 1.19 bits per heavy atom. The molecule has 0 aliphatic heterocycles. The molecule has 0 saturated carbocycles. The molecule has 3 heteroatoms. The number of nitrogens with zero attached hydrogens (tertiary/aromatic N) is 2. The molecule has 1 aromatic carbocycles. The summed E-state index contributed by atoms with van der Waals surface area (Å²) in [6.45, 7) is 6.07. The van der Waals surface area contributed by atoms with Gasteiger partial charge in [-0.25, -0.2) is 4.98 Å². The summed E-state index contributed by atoms with van der Waals surface area (Å²) in [5, 5.41) is 0. The van der Waals surface area contributed by atoms with Crippen LogP contribution in [0.4, 0.5) is 0 Å². The summed E-state index contributed by atoms with van der Waals surface area (Å²) in [6.07, 6.45) is 1.85. The molecule has 1 unspecified atom stereocenters. The van der Waals surface area contributed by atoms with Crippen LogP contribution in [0.25, 0.3) is 5.69 Å². The molecule has 0 radical (unpaired) electrons. The molecule has 0 aliphatic carbocycles. The molecule has 2 N–H and O–H groups in total. The molecule has 0 fully saturated rings. The van der Waals surface area contributed by atoms with E-state index in [2.05, 4.69) is 40.7 Å². The molecule has 1 atom stereocenters. The van der Waals surface area contributed by atoms with Crippen molar-refractivity contribution in [2.75, 3.05) is 0 Å². The third-order valence-corrected chi connectivity index (χ3v) is 2.95. The van der Waals surface area contributed by atoms with E-state index < -0.39 is 0 Å². The van der Waals surface area contributed by atoms with Crippen LogP contribution in [-0.4, -0.2) is 9.55 Å². The second kappa shape index (κ2) is 4.10. The van der Waals surface area contributed by atoms with Gasteiger partial charge < -0.3 is 10.3 Å². The SMILES string of the molecule is Cc1ncn(-c2ccc(C(C)N)cc2)c1C. The first-order valence-corrected chi connectivity index (χ1v) is 5.46. The Morgan fingerprint density at radius 3 is 2.25 bits per heavy atom. The second-order valence-corrected chi connectivity index (χ2v) is 4.17. The Morgan fingerprint density at radius 2 is 1.81 bits per heavy atom. The van der Waals surface area contributed by atoms with Gasteiger partial charge in [-0.05, 0) is 38.5 Å². The van der Waals surface area contributed by atoms with E-state index in [0.717, 1.165) is 16.9 Å². The molecule has 0 bridgehead atoms. The number of aromatic nitrogens is 2. The molecule has 3 nitrogen and oxygen atoms in total. The summed E-state index contributed by atoms with van der Waals surface area (Å²) >= 11 is 0. The predicted molar refractivity (Wildman–Crippen MR) is 65.6 cm³/mol. The fourth-order valence-electron chi connectivity index (χ4n) is 1.70. The summed E-state index contributed by atoms with van der Waals surface area (Å²) in [7, 11) is 0. The predicted octanol–water partition coefficient (Wildman–Crippen LogP) is 2.51. The van der Waals surface area contributed by atoms with Crippen LogP contribution < -0.4 is 5.73 Å². The highest BCUT2D eigenvalue weighted by Crippen LogP contribution is 2.16. The van der Waals surface area contributed by atoms with Crippen molar-refractivity contribution < 1.29 is 0 Å². The maximum absolute atomic E-state index is 5.82. The lowest BCUT2D eigenvalue weighted by Crippen LogP contribution is -2.05. The number of aryl methyl sites for hydroxylation is 1. The number of benzene rings is 1. The van der Waals surface area contributed by atoms with Crippen molar-refractivity contribution in [3.05, 3.63) is 47.5 Å². The molecule has 2 rings (SSSR count). The Labute approximate surface area is 95.9 Å². The van der Waals surface area contributed by atoms with E-state index in [9.17, 15) is 0 Å². The highest BCUT2D eigenvalue weighted by Gasteiger charge is 2.04. The first-order valence-electron chi connectivity index (χ1n) is 5.46. The fraction of sp³-hybridized carbons (Fsp3) is 0.308. The molecule has 1 aromatic heterocycles. The Hall–Kier alpha value is -1.61. The number of hydrogen-bond acceptors (Lipinski definition) is 2. The molecule has 16 heavy (non-hydrogen) atoms. The van der Waals surface area contributed by atoms with E-state index in [1.54, 1.807) is 0 Å². The number of imidazole rings is 1. The Balaban J connectivity index is 2.38. The molecule has 1 heterocycles. The molecule has 2 aromatic rings. The summed E-state index contributed by atoms with van der Waals surface area (Å²) < 4.78 is 2.08. The van der Waals surface area contributed by atoms with Crippen molar-refractivity contribution in [3.8, 4) is 5.69 Å². The Kier molecular flexibility index (Phi) is 2.79. The molecule has 0 saturated heterocycles. The van der Waals surface area contributed by atoms with Crippen LogP contribution >= 0.6 is 0 Å². The first-order chi connectivity index (χ1) is 7.59. The zero-order chi connectivity index (χ0) is 11.7. The number of rotatable bonds is 2. The number of nitrogens with two attached hydrogens (primary N) is 1. The van der Waals surface area contributed by atoms with Gasteiger partial charge in [0.1, 0.15) is 0 Å². The first kappa shape index (κ1) is 10.9. The van der Waals surface area contributed by atoms with Crippen LogP contribution in [0.1, 0.15) is 29.9 Å². The van der Waals surface area contributed by atoms with Gasteiger partial charge in [0.15, 0.2) is 0 Å². The van der Waals surface area contributed by atoms with Crippen LogP contribution in [0.5, 0.6) is 0 Å². The normalized spacial score (nSPS) is 12.8. The van der Waals surface area contributed by atoms with Gasteiger partial charge in [-0.2, -0.15) is 0 Å². The van der Waals surface area contributed by atoms with Gasteiger partial charge in [0.2, 0.25) is 0 Å². The highest BCUT2D eigenvalue weighted by molar-refractivity contribution is 5.37. The van der Waals surface area contributed by atoms with Crippen molar-refractivity contribution >= 4 is 0 Å². The molecule has 0 aliphatic rings. The van der Waals surface area contributed by atoms with Crippen molar-refractivity contribution in [1.29, 1.82) is 0 Å². The lowest BCUT2D eigenvalue weighted by Gasteiger charge is -2.09. The van der Waals surface area contributed by atoms with Crippen LogP contribution in [0, 0.1) is 13.8 Å². The van der Waals surface area contributed by atoms with Gasteiger partial charge in [0, 0.05) is 17.4 Å². The summed E-state index contributed by atoms with van der Waals surface area (Å²) in [5.74, 6) is 0. The minimum Gasteiger partial charge on any atom is -0.324 e. The minimum absolute atomic E-state index is 0.0830. The van der Waals surface area contributed by atoms with E-state index >= 15 is 0 Å².